The van der Waals surface area contributed by atoms with Crippen LogP contribution in [0.3, 0.4) is 0 Å². The molecule has 17 heavy (non-hydrogen) atoms. The third kappa shape index (κ3) is 3.42. The number of β-amino-alcohol motifs (C(OH)–C–C–N with tert-alkyl or cyclic N) is 1. The zero-order valence-corrected chi connectivity index (χ0v) is 10.7. The molecular formula is C11H19NO4S. The first-order valence-corrected chi connectivity index (χ1v) is 7.95. The van der Waals surface area contributed by atoms with Gasteiger partial charge in [0.15, 0.2) is 9.84 Å². The molecule has 6 heteroatoms. The molecule has 1 N–H and O–H groups in total. The maximum atomic E-state index is 11.9. The van der Waals surface area contributed by atoms with Crippen molar-refractivity contribution < 1.29 is 18.3 Å². The predicted molar refractivity (Wildman–Crippen MR) is 63.2 cm³/mol. The summed E-state index contributed by atoms with van der Waals surface area (Å²) >= 11 is 0. The summed E-state index contributed by atoms with van der Waals surface area (Å²) in [7, 11) is -2.90. The van der Waals surface area contributed by atoms with E-state index >= 15 is 0 Å². The van der Waals surface area contributed by atoms with Gasteiger partial charge in [-0.15, -0.1) is 0 Å². The van der Waals surface area contributed by atoms with Crippen LogP contribution in [-0.4, -0.2) is 55.0 Å². The lowest BCUT2D eigenvalue weighted by atomic mass is 10.0. The van der Waals surface area contributed by atoms with Crippen molar-refractivity contribution in [2.24, 2.45) is 5.92 Å². The standard InChI is InChI=1S/C11H19NO4S/c13-10-2-1-4-12(7-10)11(14)6-9-3-5-17(15,16)8-9/h9-10,13H,1-8H2/t9?,10-/m0/s1. The Labute approximate surface area is 102 Å². The molecule has 2 aliphatic heterocycles. The average molecular weight is 261 g/mol. The van der Waals surface area contributed by atoms with Crippen LogP contribution in [-0.2, 0) is 14.6 Å². The fraction of sp³-hybridized carbons (Fsp3) is 0.909. The lowest BCUT2D eigenvalue weighted by Gasteiger charge is -2.30. The summed E-state index contributed by atoms with van der Waals surface area (Å²) in [4.78, 5) is 13.6. The van der Waals surface area contributed by atoms with Crippen molar-refractivity contribution in [3.05, 3.63) is 0 Å². The molecule has 5 nitrogen and oxygen atoms in total. The number of hydrogen-bond donors (Lipinski definition) is 1. The number of nitrogens with zero attached hydrogens (tertiary/aromatic N) is 1. The number of sulfone groups is 1. The van der Waals surface area contributed by atoms with Crippen molar-refractivity contribution in [2.45, 2.75) is 31.8 Å². The van der Waals surface area contributed by atoms with Gasteiger partial charge in [-0.05, 0) is 25.2 Å². The van der Waals surface area contributed by atoms with E-state index in [0.717, 1.165) is 12.8 Å². The monoisotopic (exact) mass is 261 g/mol. The molecule has 0 aliphatic carbocycles. The van der Waals surface area contributed by atoms with Crippen LogP contribution in [0.4, 0.5) is 0 Å². The van der Waals surface area contributed by atoms with Gasteiger partial charge in [0.05, 0.1) is 17.6 Å². The number of hydrogen-bond acceptors (Lipinski definition) is 4. The minimum absolute atomic E-state index is 0.00847. The van der Waals surface area contributed by atoms with Crippen molar-refractivity contribution in [2.75, 3.05) is 24.6 Å². The van der Waals surface area contributed by atoms with Crippen molar-refractivity contribution in [3.63, 3.8) is 0 Å². The molecule has 0 saturated carbocycles. The number of rotatable bonds is 2. The van der Waals surface area contributed by atoms with E-state index in [-0.39, 0.29) is 23.3 Å². The Balaban J connectivity index is 1.85. The quantitative estimate of drug-likeness (QED) is 0.746. The van der Waals surface area contributed by atoms with Crippen LogP contribution in [0.2, 0.25) is 0 Å². The van der Waals surface area contributed by atoms with Crippen molar-refractivity contribution in [1.29, 1.82) is 0 Å². The van der Waals surface area contributed by atoms with E-state index in [2.05, 4.69) is 0 Å². The fourth-order valence-electron chi connectivity index (χ4n) is 2.59. The van der Waals surface area contributed by atoms with Crippen molar-refractivity contribution >= 4 is 15.7 Å². The van der Waals surface area contributed by atoms with Crippen molar-refractivity contribution in [3.8, 4) is 0 Å². The Kier molecular flexibility index (Phi) is 3.73. The number of aliphatic hydroxyl groups excluding tert-OH is 1. The Hall–Kier alpha value is -0.620. The largest absolute Gasteiger partial charge is 0.391 e. The van der Waals surface area contributed by atoms with Gasteiger partial charge in [0.2, 0.25) is 5.91 Å². The Morgan fingerprint density at radius 2 is 2.12 bits per heavy atom. The van der Waals surface area contributed by atoms with Crippen LogP contribution >= 0.6 is 0 Å². The molecule has 0 radical (unpaired) electrons. The highest BCUT2D eigenvalue weighted by Gasteiger charge is 2.31. The molecule has 2 aliphatic rings. The Morgan fingerprint density at radius 1 is 1.35 bits per heavy atom. The highest BCUT2D eigenvalue weighted by atomic mass is 32.2. The number of piperidine rings is 1. The average Bonchev–Trinajstić information content (AvgIpc) is 2.58. The van der Waals surface area contributed by atoms with Crippen LogP contribution < -0.4 is 0 Å². The van der Waals surface area contributed by atoms with E-state index < -0.39 is 15.9 Å². The zero-order valence-electron chi connectivity index (χ0n) is 9.84. The smallest absolute Gasteiger partial charge is 0.222 e. The predicted octanol–water partition coefficient (Wildman–Crippen LogP) is -0.206. The molecule has 0 aromatic carbocycles. The minimum atomic E-state index is -2.90. The highest BCUT2D eigenvalue weighted by Crippen LogP contribution is 2.23. The summed E-state index contributed by atoms with van der Waals surface area (Å²) in [6.45, 7) is 1.09. The van der Waals surface area contributed by atoms with E-state index in [0.29, 0.717) is 25.9 Å². The van der Waals surface area contributed by atoms with Gasteiger partial charge in [-0.25, -0.2) is 8.42 Å². The third-order valence-electron chi connectivity index (χ3n) is 3.54. The van der Waals surface area contributed by atoms with Crippen LogP contribution in [0.15, 0.2) is 0 Å². The van der Waals surface area contributed by atoms with Crippen LogP contribution in [0.1, 0.15) is 25.7 Å². The lowest BCUT2D eigenvalue weighted by Crippen LogP contribution is -2.42. The maximum absolute atomic E-state index is 11.9. The molecule has 1 amide bonds. The highest BCUT2D eigenvalue weighted by molar-refractivity contribution is 7.91. The Morgan fingerprint density at radius 3 is 2.71 bits per heavy atom. The number of likely N-dealkylation sites (tertiary alicyclic amines) is 1. The number of aliphatic hydroxyl groups is 1. The lowest BCUT2D eigenvalue weighted by molar-refractivity contribution is -0.135. The summed E-state index contributed by atoms with van der Waals surface area (Å²) < 4.78 is 22.6. The molecule has 2 fully saturated rings. The minimum Gasteiger partial charge on any atom is -0.391 e. The summed E-state index contributed by atoms with van der Waals surface area (Å²) in [5, 5.41) is 9.48. The van der Waals surface area contributed by atoms with Crippen molar-refractivity contribution in [1.82, 2.24) is 4.90 Å². The molecule has 2 saturated heterocycles. The second kappa shape index (κ2) is 4.94. The van der Waals surface area contributed by atoms with Gasteiger partial charge in [-0.1, -0.05) is 0 Å². The van der Waals surface area contributed by atoms with Gasteiger partial charge in [-0.3, -0.25) is 4.79 Å². The second-order valence-corrected chi connectivity index (χ2v) is 7.34. The fourth-order valence-corrected chi connectivity index (χ4v) is 4.45. The second-order valence-electron chi connectivity index (χ2n) is 5.11. The SMILES string of the molecule is O=C(CC1CCS(=O)(=O)C1)N1CCC[C@H](O)C1. The number of amides is 1. The topological polar surface area (TPSA) is 74.7 Å². The first-order valence-electron chi connectivity index (χ1n) is 6.12. The van der Waals surface area contributed by atoms with Gasteiger partial charge < -0.3 is 10.0 Å². The van der Waals surface area contributed by atoms with Gasteiger partial charge in [0.25, 0.3) is 0 Å². The molecule has 0 aromatic heterocycles. The molecule has 2 atom stereocenters. The van der Waals surface area contributed by atoms with E-state index in [1.807, 2.05) is 0 Å². The maximum Gasteiger partial charge on any atom is 0.222 e. The summed E-state index contributed by atoms with van der Waals surface area (Å²) in [5.41, 5.74) is 0. The van der Waals surface area contributed by atoms with E-state index in [1.165, 1.54) is 0 Å². The normalized spacial score (nSPS) is 32.6. The molecule has 2 heterocycles. The third-order valence-corrected chi connectivity index (χ3v) is 5.38. The van der Waals surface area contributed by atoms with E-state index in [9.17, 15) is 18.3 Å². The first kappa shape index (κ1) is 12.8. The molecule has 0 aromatic rings. The molecule has 0 spiro atoms. The molecule has 0 bridgehead atoms. The van der Waals surface area contributed by atoms with E-state index in [1.54, 1.807) is 4.90 Å². The molecular weight excluding hydrogens is 242 g/mol. The number of carbonyl (C=O) groups is 1. The molecule has 1 unspecified atom stereocenters. The van der Waals surface area contributed by atoms with Gasteiger partial charge in [0, 0.05) is 19.5 Å². The van der Waals surface area contributed by atoms with Crippen LogP contribution in [0, 0.1) is 5.92 Å². The van der Waals surface area contributed by atoms with Gasteiger partial charge in [0.1, 0.15) is 0 Å². The van der Waals surface area contributed by atoms with Crippen LogP contribution in [0.25, 0.3) is 0 Å². The number of carbonyl (C=O) groups excluding carboxylic acids is 1. The van der Waals surface area contributed by atoms with Gasteiger partial charge in [-0.2, -0.15) is 0 Å². The van der Waals surface area contributed by atoms with Crippen LogP contribution in [0.5, 0.6) is 0 Å². The Bertz CT molecular complexity index is 392. The first-order chi connectivity index (χ1) is 7.96. The van der Waals surface area contributed by atoms with E-state index in [4.69, 9.17) is 0 Å². The molecule has 98 valence electrons. The summed E-state index contributed by atoms with van der Waals surface area (Å²) in [6, 6.07) is 0. The summed E-state index contributed by atoms with van der Waals surface area (Å²) in [6.07, 6.45) is 2.08. The zero-order chi connectivity index (χ0) is 12.5. The molecule has 2 rings (SSSR count). The summed E-state index contributed by atoms with van der Waals surface area (Å²) in [5.74, 6) is 0.334. The van der Waals surface area contributed by atoms with Gasteiger partial charge >= 0.3 is 0 Å².